The van der Waals surface area contributed by atoms with Crippen molar-refractivity contribution in [1.29, 1.82) is 0 Å². The lowest BCUT2D eigenvalue weighted by Crippen LogP contribution is -2.16. The van der Waals surface area contributed by atoms with Crippen LogP contribution >= 0.6 is 43.6 Å². The van der Waals surface area contributed by atoms with Crippen molar-refractivity contribution in [2.75, 3.05) is 0 Å². The van der Waals surface area contributed by atoms with Crippen molar-refractivity contribution >= 4 is 43.6 Å². The highest BCUT2D eigenvalue weighted by Gasteiger charge is 2.12. The van der Waals surface area contributed by atoms with E-state index in [0.717, 1.165) is 15.1 Å². The zero-order valence-electron chi connectivity index (χ0n) is 11.1. The van der Waals surface area contributed by atoms with Gasteiger partial charge < -0.3 is 4.98 Å². The molecule has 106 valence electrons. The normalized spacial score (nSPS) is 11.1. The number of nitrogens with zero attached hydrogens (tertiary/aromatic N) is 1. The molecule has 0 fully saturated rings. The third-order valence-electron chi connectivity index (χ3n) is 2.69. The Bertz CT molecular complexity index is 670. The van der Waals surface area contributed by atoms with Gasteiger partial charge in [-0.1, -0.05) is 26.0 Å². The second-order valence-electron chi connectivity index (χ2n) is 4.59. The maximum atomic E-state index is 11.9. The molecule has 0 aliphatic heterocycles. The monoisotopic (exact) mass is 416 g/mol. The lowest BCUT2D eigenvalue weighted by molar-refractivity contribution is 0.784. The van der Waals surface area contributed by atoms with E-state index < -0.39 is 0 Å². The third kappa shape index (κ3) is 3.74. The van der Waals surface area contributed by atoms with E-state index in [-0.39, 0.29) is 11.5 Å². The van der Waals surface area contributed by atoms with Crippen LogP contribution in [-0.2, 0) is 5.75 Å². The fourth-order valence-electron chi connectivity index (χ4n) is 1.68. The highest BCUT2D eigenvalue weighted by Crippen LogP contribution is 2.29. The number of halogens is 2. The van der Waals surface area contributed by atoms with Gasteiger partial charge in [0.15, 0.2) is 0 Å². The Morgan fingerprint density at radius 2 is 2.00 bits per heavy atom. The fraction of sp³-hybridized carbons (Fsp3) is 0.286. The maximum Gasteiger partial charge on any atom is 0.265 e. The van der Waals surface area contributed by atoms with Gasteiger partial charge in [-0.15, -0.1) is 11.8 Å². The number of benzene rings is 1. The van der Waals surface area contributed by atoms with Crippen LogP contribution in [0.3, 0.4) is 0 Å². The molecule has 2 rings (SSSR count). The van der Waals surface area contributed by atoms with E-state index in [9.17, 15) is 4.79 Å². The van der Waals surface area contributed by atoms with E-state index in [1.807, 2.05) is 38.1 Å². The standard InChI is InChI=1S/C14H14Br2N2OS/c1-8(2)13-12(16)14(19)18-11(17-13)7-20-10-6-4-3-5-9(10)15/h3-6,8H,7H2,1-2H3,(H,17,18,19). The molecule has 0 saturated carbocycles. The number of thioether (sulfide) groups is 1. The van der Waals surface area contributed by atoms with Crippen LogP contribution in [-0.4, -0.2) is 9.97 Å². The van der Waals surface area contributed by atoms with Gasteiger partial charge in [0.05, 0.1) is 11.4 Å². The number of aromatic amines is 1. The molecule has 0 amide bonds. The highest BCUT2D eigenvalue weighted by molar-refractivity contribution is 9.10. The smallest absolute Gasteiger partial charge is 0.265 e. The molecule has 1 aromatic carbocycles. The van der Waals surface area contributed by atoms with Crippen LogP contribution in [0, 0.1) is 0 Å². The average Bonchev–Trinajstić information content (AvgIpc) is 2.41. The van der Waals surface area contributed by atoms with Gasteiger partial charge in [-0.2, -0.15) is 0 Å². The van der Waals surface area contributed by atoms with Gasteiger partial charge in [0.2, 0.25) is 0 Å². The summed E-state index contributed by atoms with van der Waals surface area (Å²) in [5.41, 5.74) is 0.683. The maximum absolute atomic E-state index is 11.9. The molecule has 0 spiro atoms. The molecule has 3 nitrogen and oxygen atoms in total. The van der Waals surface area contributed by atoms with Crippen molar-refractivity contribution in [1.82, 2.24) is 9.97 Å². The van der Waals surface area contributed by atoms with Crippen molar-refractivity contribution in [2.45, 2.75) is 30.4 Å². The van der Waals surface area contributed by atoms with Gasteiger partial charge in [0.25, 0.3) is 5.56 Å². The molecule has 0 radical (unpaired) electrons. The Labute approximate surface area is 138 Å². The van der Waals surface area contributed by atoms with Crippen LogP contribution in [0.15, 0.2) is 42.9 Å². The van der Waals surface area contributed by atoms with Crippen LogP contribution in [0.1, 0.15) is 31.3 Å². The molecule has 0 atom stereocenters. The molecule has 1 heterocycles. The lowest BCUT2D eigenvalue weighted by Gasteiger charge is -2.09. The van der Waals surface area contributed by atoms with Crippen molar-refractivity contribution in [3.05, 3.63) is 55.1 Å². The van der Waals surface area contributed by atoms with Gasteiger partial charge in [0, 0.05) is 9.37 Å². The summed E-state index contributed by atoms with van der Waals surface area (Å²) in [5.74, 6) is 1.53. The van der Waals surface area contributed by atoms with E-state index in [2.05, 4.69) is 41.8 Å². The van der Waals surface area contributed by atoms with E-state index in [1.54, 1.807) is 11.8 Å². The van der Waals surface area contributed by atoms with Crippen LogP contribution in [0.25, 0.3) is 0 Å². The molecule has 0 unspecified atom stereocenters. The van der Waals surface area contributed by atoms with Crippen LogP contribution in [0.5, 0.6) is 0 Å². The van der Waals surface area contributed by atoms with E-state index >= 15 is 0 Å². The zero-order valence-corrected chi connectivity index (χ0v) is 15.1. The van der Waals surface area contributed by atoms with Gasteiger partial charge >= 0.3 is 0 Å². The van der Waals surface area contributed by atoms with E-state index in [4.69, 9.17) is 0 Å². The molecule has 6 heteroatoms. The Balaban J connectivity index is 2.23. The first kappa shape index (κ1) is 15.8. The first-order valence-electron chi connectivity index (χ1n) is 6.15. The van der Waals surface area contributed by atoms with Crippen LogP contribution < -0.4 is 5.56 Å². The quantitative estimate of drug-likeness (QED) is 0.732. The summed E-state index contributed by atoms with van der Waals surface area (Å²) in [6.07, 6.45) is 0. The lowest BCUT2D eigenvalue weighted by atomic mass is 10.1. The number of rotatable bonds is 4. The summed E-state index contributed by atoms with van der Waals surface area (Å²) in [4.78, 5) is 20.4. The summed E-state index contributed by atoms with van der Waals surface area (Å²) in [6.45, 7) is 4.05. The summed E-state index contributed by atoms with van der Waals surface area (Å²) >= 11 is 8.46. The second kappa shape index (κ2) is 6.91. The zero-order chi connectivity index (χ0) is 14.7. The predicted octanol–water partition coefficient (Wildman–Crippen LogP) is 4.71. The number of aromatic nitrogens is 2. The van der Waals surface area contributed by atoms with Gasteiger partial charge in [-0.05, 0) is 49.9 Å². The molecular formula is C14H14Br2N2OS. The van der Waals surface area contributed by atoms with E-state index in [0.29, 0.717) is 16.0 Å². The number of nitrogens with one attached hydrogen (secondary N) is 1. The highest BCUT2D eigenvalue weighted by atomic mass is 79.9. The first-order chi connectivity index (χ1) is 9.49. The Kier molecular flexibility index (Phi) is 5.46. The number of H-pyrrole nitrogens is 1. The van der Waals surface area contributed by atoms with Crippen molar-refractivity contribution in [3.63, 3.8) is 0 Å². The predicted molar refractivity (Wildman–Crippen MR) is 90.3 cm³/mol. The largest absolute Gasteiger partial charge is 0.309 e. The Morgan fingerprint density at radius 1 is 1.30 bits per heavy atom. The topological polar surface area (TPSA) is 45.8 Å². The number of hydrogen-bond donors (Lipinski definition) is 1. The minimum Gasteiger partial charge on any atom is -0.309 e. The minimum atomic E-state index is -0.119. The first-order valence-corrected chi connectivity index (χ1v) is 8.72. The van der Waals surface area contributed by atoms with Crippen LogP contribution in [0.4, 0.5) is 0 Å². The van der Waals surface area contributed by atoms with Gasteiger partial charge in [-0.3, -0.25) is 4.79 Å². The average molecular weight is 418 g/mol. The van der Waals surface area contributed by atoms with E-state index in [1.165, 1.54) is 0 Å². The number of hydrogen-bond acceptors (Lipinski definition) is 3. The molecule has 0 aliphatic carbocycles. The third-order valence-corrected chi connectivity index (χ3v) is 5.49. The fourth-order valence-corrected chi connectivity index (χ4v) is 3.77. The van der Waals surface area contributed by atoms with Crippen molar-refractivity contribution in [2.24, 2.45) is 0 Å². The molecule has 20 heavy (non-hydrogen) atoms. The molecule has 2 aromatic rings. The molecule has 0 bridgehead atoms. The summed E-state index contributed by atoms with van der Waals surface area (Å²) in [6, 6.07) is 8.00. The Hall–Kier alpha value is -0.590. The second-order valence-corrected chi connectivity index (χ2v) is 7.25. The van der Waals surface area contributed by atoms with Gasteiger partial charge in [-0.25, -0.2) is 4.98 Å². The molecule has 0 aliphatic rings. The molecule has 1 aromatic heterocycles. The molecular weight excluding hydrogens is 404 g/mol. The summed E-state index contributed by atoms with van der Waals surface area (Å²) in [5, 5.41) is 0. The van der Waals surface area contributed by atoms with Crippen LogP contribution in [0.2, 0.25) is 0 Å². The Morgan fingerprint density at radius 3 is 2.65 bits per heavy atom. The molecule has 1 N–H and O–H groups in total. The summed E-state index contributed by atoms with van der Waals surface area (Å²) in [7, 11) is 0. The van der Waals surface area contributed by atoms with Crippen molar-refractivity contribution < 1.29 is 0 Å². The van der Waals surface area contributed by atoms with Crippen molar-refractivity contribution in [3.8, 4) is 0 Å². The molecule has 0 saturated heterocycles. The minimum absolute atomic E-state index is 0.119. The van der Waals surface area contributed by atoms with Gasteiger partial charge in [0.1, 0.15) is 10.3 Å². The summed E-state index contributed by atoms with van der Waals surface area (Å²) < 4.78 is 1.58. The SMILES string of the molecule is CC(C)c1nc(CSc2ccccc2Br)[nH]c(=O)c1Br.